The highest BCUT2D eigenvalue weighted by Gasteiger charge is 2.25. The van der Waals surface area contributed by atoms with Crippen LogP contribution in [0.3, 0.4) is 0 Å². The van der Waals surface area contributed by atoms with E-state index in [9.17, 15) is 34.2 Å². The number of benzene rings is 2. The molecule has 12 nitrogen and oxygen atoms in total. The molecule has 0 aliphatic carbocycles. The van der Waals surface area contributed by atoms with Gasteiger partial charge in [0.15, 0.2) is 0 Å². The zero-order chi connectivity index (χ0) is 29.7. The number of carboxylic acids is 1. The van der Waals surface area contributed by atoms with Gasteiger partial charge in [-0.3, -0.25) is 19.2 Å². The van der Waals surface area contributed by atoms with Gasteiger partial charge in [-0.25, -0.2) is 4.79 Å². The zero-order valence-corrected chi connectivity index (χ0v) is 22.6. The molecule has 0 saturated carbocycles. The summed E-state index contributed by atoms with van der Waals surface area (Å²) in [5, 5.41) is 28.5. The Morgan fingerprint density at radius 3 is 1.93 bits per heavy atom. The van der Waals surface area contributed by atoms with Gasteiger partial charge in [-0.1, -0.05) is 56.3 Å². The number of hydrogen-bond acceptors (Lipinski definition) is 7. The fourth-order valence-corrected chi connectivity index (χ4v) is 3.80. The summed E-state index contributed by atoms with van der Waals surface area (Å²) < 4.78 is 0. The number of rotatable bonds is 15. The molecule has 40 heavy (non-hydrogen) atoms. The van der Waals surface area contributed by atoms with Crippen molar-refractivity contribution in [3.63, 3.8) is 0 Å². The number of aliphatic carboxylic acids is 1. The summed E-state index contributed by atoms with van der Waals surface area (Å²) in [5.74, 6) is -3.56. The van der Waals surface area contributed by atoms with E-state index < -0.39 is 60.8 Å². The number of carbonyl (C=O) groups is 5. The highest BCUT2D eigenvalue weighted by molar-refractivity contribution is 5.93. The molecule has 4 amide bonds. The second-order valence-electron chi connectivity index (χ2n) is 9.81. The molecule has 0 aromatic heterocycles. The molecule has 0 bridgehead atoms. The Labute approximate surface area is 232 Å². The van der Waals surface area contributed by atoms with E-state index in [1.54, 1.807) is 24.3 Å². The van der Waals surface area contributed by atoms with Crippen molar-refractivity contribution in [2.75, 3.05) is 13.1 Å². The van der Waals surface area contributed by atoms with Crippen LogP contribution in [0.25, 0.3) is 0 Å². The molecule has 0 saturated heterocycles. The Bertz CT molecular complexity index is 1160. The minimum Gasteiger partial charge on any atom is -0.508 e. The number of carbonyl (C=O) groups excluding carboxylic acids is 4. The first-order chi connectivity index (χ1) is 18.9. The molecule has 216 valence electrons. The fourth-order valence-electron chi connectivity index (χ4n) is 3.80. The van der Waals surface area contributed by atoms with Crippen molar-refractivity contribution in [1.82, 2.24) is 21.3 Å². The third kappa shape index (κ3) is 11.5. The van der Waals surface area contributed by atoms with E-state index in [0.717, 1.165) is 5.56 Å². The van der Waals surface area contributed by atoms with E-state index in [-0.39, 0.29) is 24.5 Å². The number of carboxylic acid groups (broad SMARTS) is 1. The summed E-state index contributed by atoms with van der Waals surface area (Å²) in [7, 11) is 0. The largest absolute Gasteiger partial charge is 0.508 e. The van der Waals surface area contributed by atoms with Gasteiger partial charge in [-0.15, -0.1) is 0 Å². The number of aromatic hydroxyl groups is 1. The SMILES string of the molecule is CC(C)C[C@H](N)C(=O)N[C@H](Cc1ccccc1)C(=O)NCC(=O)NCC(=O)N[C@H](Cc1ccc(O)cc1)C(=O)O. The number of hydrogen-bond donors (Lipinski definition) is 7. The number of nitrogens with one attached hydrogen (secondary N) is 4. The van der Waals surface area contributed by atoms with Crippen LogP contribution in [0, 0.1) is 5.92 Å². The zero-order valence-electron chi connectivity index (χ0n) is 22.6. The second-order valence-corrected chi connectivity index (χ2v) is 9.81. The molecule has 0 fully saturated rings. The van der Waals surface area contributed by atoms with Crippen LogP contribution in [0.4, 0.5) is 0 Å². The maximum atomic E-state index is 12.9. The number of nitrogens with two attached hydrogens (primary N) is 1. The van der Waals surface area contributed by atoms with Crippen molar-refractivity contribution in [1.29, 1.82) is 0 Å². The summed E-state index contributed by atoms with van der Waals surface area (Å²) in [6.07, 6.45) is 0.586. The highest BCUT2D eigenvalue weighted by atomic mass is 16.4. The first-order valence-electron chi connectivity index (χ1n) is 12.9. The maximum absolute atomic E-state index is 12.9. The van der Waals surface area contributed by atoms with Crippen molar-refractivity contribution >= 4 is 29.6 Å². The molecule has 0 heterocycles. The topological polar surface area (TPSA) is 200 Å². The van der Waals surface area contributed by atoms with E-state index >= 15 is 0 Å². The quantitative estimate of drug-likeness (QED) is 0.157. The predicted molar refractivity (Wildman–Crippen MR) is 147 cm³/mol. The fraction of sp³-hybridized carbons (Fsp3) is 0.393. The third-order valence-corrected chi connectivity index (χ3v) is 5.86. The van der Waals surface area contributed by atoms with Gasteiger partial charge in [0.25, 0.3) is 0 Å². The Kier molecular flexibility index (Phi) is 12.6. The van der Waals surface area contributed by atoms with Gasteiger partial charge in [0.2, 0.25) is 23.6 Å². The van der Waals surface area contributed by atoms with Crippen LogP contribution in [-0.2, 0) is 36.8 Å². The molecular formula is C28H37N5O7. The molecule has 2 aromatic carbocycles. The Balaban J connectivity index is 1.88. The van der Waals surface area contributed by atoms with Crippen LogP contribution >= 0.6 is 0 Å². The minimum atomic E-state index is -1.26. The molecule has 2 aromatic rings. The molecule has 0 unspecified atom stereocenters. The molecule has 0 radical (unpaired) electrons. The average Bonchev–Trinajstić information content (AvgIpc) is 2.91. The summed E-state index contributed by atoms with van der Waals surface area (Å²) in [6, 6.07) is 11.9. The summed E-state index contributed by atoms with van der Waals surface area (Å²) in [6.45, 7) is 2.87. The number of phenolic OH excluding ortho intramolecular Hbond substituents is 1. The predicted octanol–water partition coefficient (Wildman–Crippen LogP) is -0.163. The lowest BCUT2D eigenvalue weighted by molar-refractivity contribution is -0.141. The first-order valence-corrected chi connectivity index (χ1v) is 12.9. The molecule has 8 N–H and O–H groups in total. The second kappa shape index (κ2) is 15.8. The van der Waals surface area contributed by atoms with Crippen molar-refractivity contribution in [2.24, 2.45) is 11.7 Å². The van der Waals surface area contributed by atoms with E-state index in [1.165, 1.54) is 24.3 Å². The van der Waals surface area contributed by atoms with Crippen molar-refractivity contribution in [3.05, 3.63) is 65.7 Å². The van der Waals surface area contributed by atoms with Gasteiger partial charge in [-0.05, 0) is 35.6 Å². The Morgan fingerprint density at radius 2 is 1.32 bits per heavy atom. The van der Waals surface area contributed by atoms with Gasteiger partial charge >= 0.3 is 5.97 Å². The van der Waals surface area contributed by atoms with Crippen LogP contribution in [0.2, 0.25) is 0 Å². The van der Waals surface area contributed by atoms with Crippen LogP contribution in [-0.4, -0.2) is 71.0 Å². The molecule has 12 heteroatoms. The van der Waals surface area contributed by atoms with Gasteiger partial charge in [0, 0.05) is 12.8 Å². The van der Waals surface area contributed by atoms with E-state index in [2.05, 4.69) is 21.3 Å². The molecule has 2 rings (SSSR count). The van der Waals surface area contributed by atoms with Crippen molar-refractivity contribution in [3.8, 4) is 5.75 Å². The maximum Gasteiger partial charge on any atom is 0.326 e. The van der Waals surface area contributed by atoms with Gasteiger partial charge < -0.3 is 37.2 Å². The van der Waals surface area contributed by atoms with E-state index in [0.29, 0.717) is 12.0 Å². The van der Waals surface area contributed by atoms with Gasteiger partial charge in [0.05, 0.1) is 19.1 Å². The standard InChI is InChI=1S/C28H37N5O7/c1-17(2)12-21(29)26(37)33-22(13-18-6-4-3-5-7-18)27(38)31-15-24(35)30-16-25(36)32-23(28(39)40)14-19-8-10-20(34)11-9-19/h3-11,17,21-23,34H,12-16,29H2,1-2H3,(H,30,35)(H,31,38)(H,32,36)(H,33,37)(H,39,40)/t21-,22+,23+/m0/s1. The summed E-state index contributed by atoms with van der Waals surface area (Å²) >= 11 is 0. The van der Waals surface area contributed by atoms with Gasteiger partial charge in [0.1, 0.15) is 17.8 Å². The van der Waals surface area contributed by atoms with Crippen molar-refractivity contribution < 1.29 is 34.2 Å². The van der Waals surface area contributed by atoms with Crippen LogP contribution in [0.15, 0.2) is 54.6 Å². The Morgan fingerprint density at radius 1 is 0.750 bits per heavy atom. The molecule has 3 atom stereocenters. The van der Waals surface area contributed by atoms with E-state index in [4.69, 9.17) is 5.73 Å². The molecule has 0 spiro atoms. The minimum absolute atomic E-state index is 0.0259. The lowest BCUT2D eigenvalue weighted by atomic mass is 10.0. The molecule has 0 aliphatic heterocycles. The van der Waals surface area contributed by atoms with E-state index in [1.807, 2.05) is 19.9 Å². The normalized spacial score (nSPS) is 13.0. The average molecular weight is 556 g/mol. The number of amides is 4. The lowest BCUT2D eigenvalue weighted by Gasteiger charge is -2.21. The third-order valence-electron chi connectivity index (χ3n) is 5.86. The van der Waals surface area contributed by atoms with Gasteiger partial charge in [-0.2, -0.15) is 0 Å². The lowest BCUT2D eigenvalue weighted by Crippen LogP contribution is -2.54. The van der Waals surface area contributed by atoms with Crippen LogP contribution in [0.5, 0.6) is 5.75 Å². The van der Waals surface area contributed by atoms with Crippen molar-refractivity contribution in [2.45, 2.75) is 51.2 Å². The summed E-state index contributed by atoms with van der Waals surface area (Å²) in [5.41, 5.74) is 7.34. The Hall–Kier alpha value is -4.45. The first kappa shape index (κ1) is 31.8. The molecule has 0 aliphatic rings. The monoisotopic (exact) mass is 555 g/mol. The van der Waals surface area contributed by atoms with Crippen LogP contribution < -0.4 is 27.0 Å². The molecular weight excluding hydrogens is 518 g/mol. The highest BCUT2D eigenvalue weighted by Crippen LogP contribution is 2.11. The number of phenols is 1. The smallest absolute Gasteiger partial charge is 0.326 e. The van der Waals surface area contributed by atoms with Crippen LogP contribution in [0.1, 0.15) is 31.4 Å². The summed E-state index contributed by atoms with van der Waals surface area (Å²) in [4.78, 5) is 61.5.